The minimum atomic E-state index is -0.303. The maximum absolute atomic E-state index is 8.77. The number of nitriles is 1. The van der Waals surface area contributed by atoms with Gasteiger partial charge in [-0.2, -0.15) is 5.26 Å². The predicted molar refractivity (Wildman–Crippen MR) is 78.0 cm³/mol. The summed E-state index contributed by atoms with van der Waals surface area (Å²) in [7, 11) is 0. The lowest BCUT2D eigenvalue weighted by molar-refractivity contribution is -0.197. The summed E-state index contributed by atoms with van der Waals surface area (Å²) < 4.78 is 11.5. The van der Waals surface area contributed by atoms with Crippen LogP contribution in [0.5, 0.6) is 0 Å². The fourth-order valence-electron chi connectivity index (χ4n) is 2.15. The Labute approximate surface area is 120 Å². The number of hydrogen-bond acceptors (Lipinski definition) is 3. The Morgan fingerprint density at radius 3 is 2.55 bits per heavy atom. The molecule has 0 radical (unpaired) electrons. The lowest BCUT2D eigenvalue weighted by atomic mass is 10.1. The van der Waals surface area contributed by atoms with Crippen LogP contribution in [0.4, 0.5) is 0 Å². The average Bonchev–Trinajstić information content (AvgIpc) is 2.52. The SMILES string of the molecule is CCCC/C=C/C1COC(c2ccc(C#N)cc2)OC1. The van der Waals surface area contributed by atoms with Gasteiger partial charge in [-0.05, 0) is 18.6 Å². The molecule has 3 heteroatoms. The minimum absolute atomic E-state index is 0.303. The molecule has 0 atom stereocenters. The molecule has 20 heavy (non-hydrogen) atoms. The average molecular weight is 271 g/mol. The van der Waals surface area contributed by atoms with Crippen molar-refractivity contribution < 1.29 is 9.47 Å². The van der Waals surface area contributed by atoms with Crippen molar-refractivity contribution in [3.63, 3.8) is 0 Å². The molecule has 0 unspecified atom stereocenters. The Morgan fingerprint density at radius 2 is 1.95 bits per heavy atom. The highest BCUT2D eigenvalue weighted by Crippen LogP contribution is 2.25. The van der Waals surface area contributed by atoms with Gasteiger partial charge in [-0.25, -0.2) is 0 Å². The monoisotopic (exact) mass is 271 g/mol. The van der Waals surface area contributed by atoms with Crippen molar-refractivity contribution in [3.8, 4) is 6.07 Å². The number of ether oxygens (including phenoxy) is 2. The van der Waals surface area contributed by atoms with E-state index in [-0.39, 0.29) is 6.29 Å². The first-order valence-corrected chi connectivity index (χ1v) is 7.23. The van der Waals surface area contributed by atoms with Gasteiger partial charge >= 0.3 is 0 Å². The lowest BCUT2D eigenvalue weighted by Crippen LogP contribution is -2.25. The molecule has 3 nitrogen and oxygen atoms in total. The van der Waals surface area contributed by atoms with Gasteiger partial charge in [0.15, 0.2) is 6.29 Å². The number of hydrogen-bond donors (Lipinski definition) is 0. The standard InChI is InChI=1S/C17H21NO2/c1-2-3-4-5-6-15-12-19-17(20-13-15)16-9-7-14(11-18)8-10-16/h5-10,15,17H,2-4,12-13H2,1H3/b6-5+. The molecule has 0 saturated carbocycles. The van der Waals surface area contributed by atoms with Gasteiger partial charge < -0.3 is 9.47 Å². The topological polar surface area (TPSA) is 42.2 Å². The molecule has 0 bridgehead atoms. The maximum Gasteiger partial charge on any atom is 0.183 e. The second-order valence-electron chi connectivity index (χ2n) is 5.06. The van der Waals surface area contributed by atoms with E-state index in [9.17, 15) is 0 Å². The molecule has 0 aliphatic carbocycles. The van der Waals surface area contributed by atoms with Crippen molar-refractivity contribution in [2.45, 2.75) is 32.5 Å². The predicted octanol–water partition coefficient (Wildman–Crippen LogP) is 3.97. The summed E-state index contributed by atoms with van der Waals surface area (Å²) >= 11 is 0. The molecule has 2 rings (SSSR count). The fourth-order valence-corrected chi connectivity index (χ4v) is 2.15. The third-order valence-corrected chi connectivity index (χ3v) is 3.37. The van der Waals surface area contributed by atoms with Crippen LogP contribution in [0.1, 0.15) is 43.6 Å². The zero-order chi connectivity index (χ0) is 14.2. The molecule has 0 N–H and O–H groups in total. The van der Waals surface area contributed by atoms with E-state index in [1.165, 1.54) is 12.8 Å². The highest BCUT2D eigenvalue weighted by atomic mass is 16.7. The van der Waals surface area contributed by atoms with E-state index in [1.807, 2.05) is 12.1 Å². The third-order valence-electron chi connectivity index (χ3n) is 3.37. The van der Waals surface area contributed by atoms with Gasteiger partial charge in [0.25, 0.3) is 0 Å². The van der Waals surface area contributed by atoms with Gasteiger partial charge in [0.1, 0.15) is 0 Å². The normalized spacial score (nSPS) is 22.8. The molecule has 1 aromatic rings. The first kappa shape index (κ1) is 14.8. The van der Waals surface area contributed by atoms with Crippen LogP contribution in [-0.4, -0.2) is 13.2 Å². The van der Waals surface area contributed by atoms with Crippen LogP contribution in [0.2, 0.25) is 0 Å². The minimum Gasteiger partial charge on any atom is -0.348 e. The van der Waals surface area contributed by atoms with Crippen LogP contribution in [0.25, 0.3) is 0 Å². The summed E-state index contributed by atoms with van der Waals surface area (Å²) in [6.07, 6.45) is 7.71. The molecule has 1 aliphatic rings. The number of unbranched alkanes of at least 4 members (excludes halogenated alkanes) is 2. The van der Waals surface area contributed by atoms with Gasteiger partial charge in [0.2, 0.25) is 0 Å². The molecule has 1 saturated heterocycles. The van der Waals surface area contributed by atoms with E-state index in [2.05, 4.69) is 25.1 Å². The number of benzene rings is 1. The number of nitrogens with zero attached hydrogens (tertiary/aromatic N) is 1. The van der Waals surface area contributed by atoms with E-state index in [0.717, 1.165) is 12.0 Å². The lowest BCUT2D eigenvalue weighted by Gasteiger charge is -2.28. The van der Waals surface area contributed by atoms with Gasteiger partial charge in [-0.1, -0.05) is 44.1 Å². The summed E-state index contributed by atoms with van der Waals surface area (Å²) in [5.74, 6) is 0.349. The largest absolute Gasteiger partial charge is 0.348 e. The van der Waals surface area contributed by atoms with Crippen LogP contribution >= 0.6 is 0 Å². The molecule has 1 aromatic carbocycles. The molecular formula is C17H21NO2. The van der Waals surface area contributed by atoms with Crippen LogP contribution in [-0.2, 0) is 9.47 Å². The van der Waals surface area contributed by atoms with Crippen LogP contribution in [0.15, 0.2) is 36.4 Å². The van der Waals surface area contributed by atoms with Crippen molar-refractivity contribution in [2.75, 3.05) is 13.2 Å². The van der Waals surface area contributed by atoms with Gasteiger partial charge in [-0.15, -0.1) is 0 Å². The molecule has 0 aromatic heterocycles. The van der Waals surface area contributed by atoms with Crippen molar-refractivity contribution in [1.82, 2.24) is 0 Å². The Hall–Kier alpha value is -1.63. The van der Waals surface area contributed by atoms with E-state index < -0.39 is 0 Å². The first-order valence-electron chi connectivity index (χ1n) is 7.23. The van der Waals surface area contributed by atoms with Gasteiger partial charge in [0.05, 0.1) is 24.8 Å². The number of rotatable bonds is 5. The van der Waals surface area contributed by atoms with Crippen LogP contribution < -0.4 is 0 Å². The zero-order valence-corrected chi connectivity index (χ0v) is 11.9. The molecule has 106 valence electrons. The Kier molecular flexibility index (Phi) is 5.79. The number of allylic oxidation sites excluding steroid dienone is 1. The van der Waals surface area contributed by atoms with E-state index in [1.54, 1.807) is 12.1 Å². The highest BCUT2D eigenvalue weighted by molar-refractivity contribution is 5.32. The zero-order valence-electron chi connectivity index (χ0n) is 11.9. The van der Waals surface area contributed by atoms with E-state index >= 15 is 0 Å². The van der Waals surface area contributed by atoms with Crippen LogP contribution in [0, 0.1) is 17.2 Å². The summed E-state index contributed by atoms with van der Waals surface area (Å²) in [4.78, 5) is 0. The second-order valence-corrected chi connectivity index (χ2v) is 5.06. The molecular weight excluding hydrogens is 250 g/mol. The van der Waals surface area contributed by atoms with Crippen LogP contribution in [0.3, 0.4) is 0 Å². The van der Waals surface area contributed by atoms with Crippen molar-refractivity contribution in [3.05, 3.63) is 47.5 Å². The Bertz CT molecular complexity index is 465. The quantitative estimate of drug-likeness (QED) is 0.601. The van der Waals surface area contributed by atoms with E-state index in [0.29, 0.717) is 24.7 Å². The summed E-state index contributed by atoms with van der Waals surface area (Å²) in [5.41, 5.74) is 1.62. The Balaban J connectivity index is 1.81. The third kappa shape index (κ3) is 4.19. The molecule has 1 heterocycles. The first-order chi connectivity index (χ1) is 9.83. The fraction of sp³-hybridized carbons (Fsp3) is 0.471. The van der Waals surface area contributed by atoms with Crippen molar-refractivity contribution in [2.24, 2.45) is 5.92 Å². The summed E-state index contributed by atoms with van der Waals surface area (Å²) in [5, 5.41) is 8.77. The smallest absolute Gasteiger partial charge is 0.183 e. The maximum atomic E-state index is 8.77. The van der Waals surface area contributed by atoms with E-state index in [4.69, 9.17) is 14.7 Å². The molecule has 1 aliphatic heterocycles. The van der Waals surface area contributed by atoms with Gasteiger partial charge in [0, 0.05) is 11.5 Å². The molecule has 0 amide bonds. The second kappa shape index (κ2) is 7.84. The molecule has 0 spiro atoms. The Morgan fingerprint density at radius 1 is 1.25 bits per heavy atom. The van der Waals surface area contributed by atoms with Crippen molar-refractivity contribution >= 4 is 0 Å². The van der Waals surface area contributed by atoms with Crippen molar-refractivity contribution in [1.29, 1.82) is 5.26 Å². The highest BCUT2D eigenvalue weighted by Gasteiger charge is 2.21. The summed E-state index contributed by atoms with van der Waals surface area (Å²) in [6.45, 7) is 3.57. The molecule has 1 fully saturated rings. The summed E-state index contributed by atoms with van der Waals surface area (Å²) in [6, 6.07) is 9.47. The van der Waals surface area contributed by atoms with Gasteiger partial charge in [-0.3, -0.25) is 0 Å².